The average molecular weight is 406 g/mol. The Bertz CT molecular complexity index is 790. The molecule has 152 valence electrons. The van der Waals surface area contributed by atoms with Crippen molar-refractivity contribution >= 4 is 23.5 Å². The van der Waals surface area contributed by atoms with Crippen LogP contribution in [0.2, 0.25) is 5.15 Å². The Morgan fingerprint density at radius 2 is 1.96 bits per heavy atom. The highest BCUT2D eigenvalue weighted by Gasteiger charge is 2.22. The number of benzene rings is 1. The Balaban J connectivity index is 1.91. The van der Waals surface area contributed by atoms with E-state index in [1.54, 1.807) is 11.6 Å². The highest BCUT2D eigenvalue weighted by atomic mass is 35.5. The lowest BCUT2D eigenvalue weighted by Crippen LogP contribution is -2.35. The monoisotopic (exact) mass is 405 g/mol. The highest BCUT2D eigenvalue weighted by Crippen LogP contribution is 2.22. The lowest BCUT2D eigenvalue weighted by Gasteiger charge is -2.13. The first kappa shape index (κ1) is 22.0. The van der Waals surface area contributed by atoms with Crippen LogP contribution in [0.25, 0.3) is 0 Å². The third-order valence-electron chi connectivity index (χ3n) is 4.43. The summed E-state index contributed by atoms with van der Waals surface area (Å²) in [6.45, 7) is 5.89. The zero-order valence-corrected chi connectivity index (χ0v) is 17.5. The van der Waals surface area contributed by atoms with Crippen LogP contribution in [0.3, 0.4) is 0 Å². The van der Waals surface area contributed by atoms with Gasteiger partial charge in [-0.15, -0.1) is 0 Å². The largest absolute Gasteiger partial charge is 0.452 e. The number of ether oxygens (including phenoxy) is 1. The first-order valence-corrected chi connectivity index (χ1v) is 10.0. The molecule has 0 bridgehead atoms. The summed E-state index contributed by atoms with van der Waals surface area (Å²) >= 11 is 6.34. The molecule has 7 heteroatoms. The van der Waals surface area contributed by atoms with E-state index in [1.807, 2.05) is 37.3 Å². The van der Waals surface area contributed by atoms with Gasteiger partial charge in [-0.25, -0.2) is 9.48 Å². The van der Waals surface area contributed by atoms with Crippen molar-refractivity contribution in [3.05, 3.63) is 52.3 Å². The van der Waals surface area contributed by atoms with E-state index in [9.17, 15) is 9.59 Å². The predicted octanol–water partition coefficient (Wildman–Crippen LogP) is 4.14. The summed E-state index contributed by atoms with van der Waals surface area (Å²) in [5.41, 5.74) is 1.68. The number of aryl methyl sites for hydroxylation is 1. The molecule has 0 aliphatic heterocycles. The Morgan fingerprint density at radius 1 is 1.25 bits per heavy atom. The number of nitrogens with one attached hydrogen (secondary N) is 1. The second-order valence-electron chi connectivity index (χ2n) is 6.93. The van der Waals surface area contributed by atoms with Gasteiger partial charge < -0.3 is 10.1 Å². The minimum Gasteiger partial charge on any atom is -0.452 e. The van der Waals surface area contributed by atoms with E-state index >= 15 is 0 Å². The van der Waals surface area contributed by atoms with E-state index < -0.39 is 5.97 Å². The summed E-state index contributed by atoms with van der Waals surface area (Å²) in [5.74, 6) is -0.960. The van der Waals surface area contributed by atoms with Crippen molar-refractivity contribution in [3.63, 3.8) is 0 Å². The molecule has 1 heterocycles. The van der Waals surface area contributed by atoms with Gasteiger partial charge in [0.2, 0.25) is 0 Å². The molecular weight excluding hydrogens is 378 g/mol. The second kappa shape index (κ2) is 10.9. The Morgan fingerprint density at radius 3 is 2.64 bits per heavy atom. The molecule has 0 aliphatic rings. The van der Waals surface area contributed by atoms with E-state index in [0.29, 0.717) is 12.2 Å². The maximum atomic E-state index is 12.4. The van der Waals surface area contributed by atoms with Crippen LogP contribution in [0.4, 0.5) is 0 Å². The van der Waals surface area contributed by atoms with Gasteiger partial charge in [0.1, 0.15) is 10.7 Å². The molecule has 28 heavy (non-hydrogen) atoms. The van der Waals surface area contributed by atoms with Gasteiger partial charge >= 0.3 is 5.97 Å². The lowest BCUT2D eigenvalue weighted by molar-refractivity contribution is -0.124. The number of hydrogen-bond donors (Lipinski definition) is 1. The van der Waals surface area contributed by atoms with Gasteiger partial charge in [0, 0.05) is 6.04 Å². The first-order chi connectivity index (χ1) is 13.4. The van der Waals surface area contributed by atoms with Gasteiger partial charge in [-0.05, 0) is 25.8 Å². The molecule has 0 spiro atoms. The normalized spacial score (nSPS) is 11.9. The molecule has 0 aliphatic carbocycles. The summed E-state index contributed by atoms with van der Waals surface area (Å²) in [7, 11) is 0. The predicted molar refractivity (Wildman–Crippen MR) is 110 cm³/mol. The molecule has 1 aromatic heterocycles. The third kappa shape index (κ3) is 6.37. The van der Waals surface area contributed by atoms with Crippen LogP contribution < -0.4 is 5.32 Å². The topological polar surface area (TPSA) is 73.2 Å². The zero-order chi connectivity index (χ0) is 20.5. The van der Waals surface area contributed by atoms with Crippen molar-refractivity contribution in [1.29, 1.82) is 0 Å². The standard InChI is InChI=1S/C21H28ClN3O3/c1-4-5-7-10-15(2)23-18(26)14-28-21(27)19-16(3)24-25(20(19)22)13-17-11-8-6-9-12-17/h6,8-9,11-12,15H,4-5,7,10,13-14H2,1-3H3,(H,23,26)/t15-/m0/s1. The Labute approximate surface area is 171 Å². The van der Waals surface area contributed by atoms with Crippen molar-refractivity contribution < 1.29 is 14.3 Å². The number of carbonyl (C=O) groups excluding carboxylic acids is 2. The van der Waals surface area contributed by atoms with E-state index in [-0.39, 0.29) is 29.3 Å². The van der Waals surface area contributed by atoms with Gasteiger partial charge in [-0.1, -0.05) is 68.1 Å². The fraction of sp³-hybridized carbons (Fsp3) is 0.476. The number of nitrogens with zero attached hydrogens (tertiary/aromatic N) is 2. The number of halogens is 1. The molecule has 1 aromatic carbocycles. The van der Waals surface area contributed by atoms with Crippen LogP contribution in [0.15, 0.2) is 30.3 Å². The Kier molecular flexibility index (Phi) is 8.51. The van der Waals surface area contributed by atoms with Gasteiger partial charge in [0.05, 0.1) is 12.2 Å². The van der Waals surface area contributed by atoms with Crippen molar-refractivity contribution in [2.45, 2.75) is 59.0 Å². The summed E-state index contributed by atoms with van der Waals surface area (Å²) in [4.78, 5) is 24.4. The fourth-order valence-corrected chi connectivity index (χ4v) is 3.25. The lowest BCUT2D eigenvalue weighted by atomic mass is 10.1. The summed E-state index contributed by atoms with van der Waals surface area (Å²) in [6, 6.07) is 9.75. The number of esters is 1. The number of unbranched alkanes of at least 4 members (excludes halogenated alkanes) is 2. The number of carbonyl (C=O) groups is 2. The molecule has 0 unspecified atom stereocenters. The quantitative estimate of drug-likeness (QED) is 0.476. The van der Waals surface area contributed by atoms with Crippen LogP contribution in [0, 0.1) is 6.92 Å². The van der Waals surface area contributed by atoms with E-state index in [0.717, 1.165) is 31.2 Å². The molecule has 0 saturated carbocycles. The van der Waals surface area contributed by atoms with Crippen LogP contribution in [0.5, 0.6) is 0 Å². The number of rotatable bonds is 10. The van der Waals surface area contributed by atoms with Gasteiger partial charge in [-0.3, -0.25) is 4.79 Å². The molecular formula is C21H28ClN3O3. The molecule has 0 fully saturated rings. The maximum Gasteiger partial charge on any atom is 0.343 e. The summed E-state index contributed by atoms with van der Waals surface area (Å²) < 4.78 is 6.71. The van der Waals surface area contributed by atoms with Crippen LogP contribution >= 0.6 is 11.6 Å². The molecule has 2 aromatic rings. The van der Waals surface area contributed by atoms with Crippen molar-refractivity contribution in [1.82, 2.24) is 15.1 Å². The molecule has 2 rings (SSSR count). The number of amides is 1. The van der Waals surface area contributed by atoms with Crippen LogP contribution in [-0.2, 0) is 16.1 Å². The van der Waals surface area contributed by atoms with Crippen LogP contribution in [-0.4, -0.2) is 34.3 Å². The minimum atomic E-state index is -0.643. The molecule has 0 saturated heterocycles. The number of aromatic nitrogens is 2. The SMILES string of the molecule is CCCCC[C@H](C)NC(=O)COC(=O)c1c(C)nn(Cc2ccccc2)c1Cl. The van der Waals surface area contributed by atoms with Crippen molar-refractivity contribution in [3.8, 4) is 0 Å². The highest BCUT2D eigenvalue weighted by molar-refractivity contribution is 6.32. The minimum absolute atomic E-state index is 0.0525. The molecule has 0 radical (unpaired) electrons. The average Bonchev–Trinajstić information content (AvgIpc) is 2.94. The van der Waals surface area contributed by atoms with E-state index in [2.05, 4.69) is 17.3 Å². The van der Waals surface area contributed by atoms with Gasteiger partial charge in [0.25, 0.3) is 5.91 Å². The fourth-order valence-electron chi connectivity index (χ4n) is 2.94. The second-order valence-corrected chi connectivity index (χ2v) is 7.29. The van der Waals surface area contributed by atoms with Gasteiger partial charge in [-0.2, -0.15) is 5.10 Å². The molecule has 1 N–H and O–H groups in total. The summed E-state index contributed by atoms with van der Waals surface area (Å²) in [5, 5.41) is 7.38. The van der Waals surface area contributed by atoms with E-state index in [4.69, 9.17) is 16.3 Å². The van der Waals surface area contributed by atoms with E-state index in [1.165, 1.54) is 0 Å². The molecule has 1 atom stereocenters. The first-order valence-electron chi connectivity index (χ1n) is 9.65. The Hall–Kier alpha value is -2.34. The number of hydrogen-bond acceptors (Lipinski definition) is 4. The summed E-state index contributed by atoms with van der Waals surface area (Å²) in [6.07, 6.45) is 4.24. The van der Waals surface area contributed by atoms with Crippen molar-refractivity contribution in [2.75, 3.05) is 6.61 Å². The molecule has 1 amide bonds. The molecule has 6 nitrogen and oxygen atoms in total. The third-order valence-corrected chi connectivity index (χ3v) is 4.81. The zero-order valence-electron chi connectivity index (χ0n) is 16.7. The van der Waals surface area contributed by atoms with Gasteiger partial charge in [0.15, 0.2) is 6.61 Å². The maximum absolute atomic E-state index is 12.4. The smallest absolute Gasteiger partial charge is 0.343 e. The van der Waals surface area contributed by atoms with Crippen LogP contribution in [0.1, 0.15) is 61.1 Å². The van der Waals surface area contributed by atoms with Crippen molar-refractivity contribution in [2.24, 2.45) is 0 Å².